The van der Waals surface area contributed by atoms with Crippen molar-refractivity contribution in [1.29, 1.82) is 0 Å². The van der Waals surface area contributed by atoms with Crippen molar-refractivity contribution in [3.05, 3.63) is 87.2 Å². The average Bonchev–Trinajstić information content (AvgIpc) is 2.71. The van der Waals surface area contributed by atoms with E-state index in [1.54, 1.807) is 18.2 Å². The van der Waals surface area contributed by atoms with Crippen molar-refractivity contribution in [2.75, 3.05) is 10.7 Å². The van der Waals surface area contributed by atoms with Crippen LogP contribution in [0.15, 0.2) is 60.9 Å². The number of carbonyl (C=O) groups is 1. The van der Waals surface area contributed by atoms with Crippen molar-refractivity contribution in [2.45, 2.75) is 6.54 Å². The predicted octanol–water partition coefficient (Wildman–Crippen LogP) is 3.41. The third kappa shape index (κ3) is 4.71. The molecule has 0 aliphatic heterocycles. The van der Waals surface area contributed by atoms with Crippen LogP contribution in [0.3, 0.4) is 0 Å². The maximum absolute atomic E-state index is 12.2. The highest BCUT2D eigenvalue weighted by Gasteiger charge is 2.23. The second-order valence-corrected chi connectivity index (χ2v) is 6.04. The van der Waals surface area contributed by atoms with Gasteiger partial charge in [-0.2, -0.15) is 0 Å². The first-order chi connectivity index (χ1) is 13.5. The van der Waals surface area contributed by atoms with Gasteiger partial charge in [0.1, 0.15) is 6.33 Å². The van der Waals surface area contributed by atoms with E-state index in [-0.39, 0.29) is 17.3 Å². The van der Waals surface area contributed by atoms with E-state index in [0.29, 0.717) is 17.1 Å². The topological polar surface area (TPSA) is 122 Å². The highest BCUT2D eigenvalue weighted by Crippen LogP contribution is 2.28. The third-order valence-corrected chi connectivity index (χ3v) is 3.92. The minimum absolute atomic E-state index is 0.0309. The fourth-order valence-electron chi connectivity index (χ4n) is 2.37. The number of nitro groups is 1. The molecule has 0 aliphatic carbocycles. The Labute approximate surface area is 164 Å². The Morgan fingerprint density at radius 3 is 2.54 bits per heavy atom. The van der Waals surface area contributed by atoms with Crippen LogP contribution in [0.4, 0.5) is 17.3 Å². The Bertz CT molecular complexity index is 1000. The Balaban J connectivity index is 1.75. The summed E-state index contributed by atoms with van der Waals surface area (Å²) in [6.45, 7) is 0.340. The molecule has 28 heavy (non-hydrogen) atoms. The Kier molecular flexibility index (Phi) is 5.97. The van der Waals surface area contributed by atoms with Crippen LogP contribution in [0.1, 0.15) is 15.9 Å². The molecule has 0 spiro atoms. The number of halogens is 1. The third-order valence-electron chi connectivity index (χ3n) is 3.69. The Morgan fingerprint density at radius 2 is 1.82 bits per heavy atom. The van der Waals surface area contributed by atoms with E-state index in [9.17, 15) is 14.9 Å². The van der Waals surface area contributed by atoms with E-state index in [0.717, 1.165) is 11.9 Å². The average molecular weight is 399 g/mol. The van der Waals surface area contributed by atoms with Crippen molar-refractivity contribution in [3.8, 4) is 0 Å². The molecule has 0 aliphatic rings. The molecular formula is C18H15ClN6O3. The fraction of sp³-hybridized carbons (Fsp3) is 0.0556. The summed E-state index contributed by atoms with van der Waals surface area (Å²) < 4.78 is 0. The zero-order chi connectivity index (χ0) is 19.9. The zero-order valence-electron chi connectivity index (χ0n) is 14.4. The molecule has 0 fully saturated rings. The second kappa shape index (κ2) is 8.78. The molecule has 0 radical (unpaired) electrons. The molecule has 1 heterocycles. The second-order valence-electron chi connectivity index (χ2n) is 5.61. The number of aromatic nitrogens is 2. The number of amides is 1. The molecule has 0 saturated heterocycles. The highest BCUT2D eigenvalue weighted by molar-refractivity contribution is 6.30. The minimum Gasteiger partial charge on any atom is -0.360 e. The lowest BCUT2D eigenvalue weighted by molar-refractivity contribution is -0.383. The number of benzene rings is 2. The smallest absolute Gasteiger partial charge is 0.354 e. The maximum Gasteiger partial charge on any atom is 0.354 e. The summed E-state index contributed by atoms with van der Waals surface area (Å²) in [5.41, 5.74) is 5.68. The van der Waals surface area contributed by atoms with Gasteiger partial charge < -0.3 is 5.32 Å². The van der Waals surface area contributed by atoms with Gasteiger partial charge in [0.2, 0.25) is 11.6 Å². The number of hydrogen-bond donors (Lipinski definition) is 3. The fourth-order valence-corrected chi connectivity index (χ4v) is 2.56. The quantitative estimate of drug-likeness (QED) is 0.411. The lowest BCUT2D eigenvalue weighted by Crippen LogP contribution is -2.30. The Hall–Kier alpha value is -3.72. The van der Waals surface area contributed by atoms with E-state index < -0.39 is 10.8 Å². The van der Waals surface area contributed by atoms with Gasteiger partial charge in [0.05, 0.1) is 4.92 Å². The molecule has 142 valence electrons. The molecule has 0 atom stereocenters. The summed E-state index contributed by atoms with van der Waals surface area (Å²) in [5, 5.41) is 14.8. The molecule has 3 N–H and O–H groups in total. The molecular weight excluding hydrogens is 384 g/mol. The van der Waals surface area contributed by atoms with Crippen LogP contribution in [0.2, 0.25) is 5.02 Å². The van der Waals surface area contributed by atoms with E-state index in [1.165, 1.54) is 6.07 Å². The highest BCUT2D eigenvalue weighted by atomic mass is 35.5. The molecule has 3 aromatic rings. The number of rotatable bonds is 7. The first kappa shape index (κ1) is 19.1. The van der Waals surface area contributed by atoms with Gasteiger partial charge in [-0.1, -0.05) is 48.0 Å². The van der Waals surface area contributed by atoms with E-state index in [2.05, 4.69) is 26.1 Å². The first-order valence-electron chi connectivity index (χ1n) is 8.13. The molecule has 10 heteroatoms. The van der Waals surface area contributed by atoms with Crippen LogP contribution in [0.5, 0.6) is 0 Å². The largest absolute Gasteiger partial charge is 0.360 e. The summed E-state index contributed by atoms with van der Waals surface area (Å²) in [6.07, 6.45) is 1.16. The SMILES string of the molecule is O=C(NNc1ncnc(NCc2ccccc2)c1[N+](=O)[O-])c1cccc(Cl)c1. The van der Waals surface area contributed by atoms with Gasteiger partial charge in [-0.05, 0) is 23.8 Å². The van der Waals surface area contributed by atoms with Gasteiger partial charge in [-0.15, -0.1) is 0 Å². The van der Waals surface area contributed by atoms with Crippen molar-refractivity contribution >= 4 is 34.8 Å². The van der Waals surface area contributed by atoms with Gasteiger partial charge >= 0.3 is 5.69 Å². The maximum atomic E-state index is 12.2. The molecule has 0 saturated carbocycles. The number of anilines is 2. The standard InChI is InChI=1S/C18H15ClN6O3/c19-14-8-4-7-13(9-14)18(26)24-23-17-15(25(27)28)16(21-11-22-17)20-10-12-5-2-1-3-6-12/h1-9,11H,10H2,(H,24,26)(H2,20,21,22,23). The Morgan fingerprint density at radius 1 is 1.07 bits per heavy atom. The summed E-state index contributed by atoms with van der Waals surface area (Å²) >= 11 is 5.86. The summed E-state index contributed by atoms with van der Waals surface area (Å²) in [6, 6.07) is 15.6. The minimum atomic E-state index is -0.624. The van der Waals surface area contributed by atoms with Gasteiger partial charge in [-0.3, -0.25) is 25.8 Å². The number of carbonyl (C=O) groups excluding carboxylic acids is 1. The number of hydrazine groups is 1. The van der Waals surface area contributed by atoms with Crippen molar-refractivity contribution in [1.82, 2.24) is 15.4 Å². The summed E-state index contributed by atoms with van der Waals surface area (Å²) in [4.78, 5) is 30.9. The van der Waals surface area contributed by atoms with Crippen molar-refractivity contribution in [3.63, 3.8) is 0 Å². The zero-order valence-corrected chi connectivity index (χ0v) is 15.2. The lowest BCUT2D eigenvalue weighted by atomic mass is 10.2. The molecule has 9 nitrogen and oxygen atoms in total. The van der Waals surface area contributed by atoms with Crippen LogP contribution in [-0.4, -0.2) is 20.8 Å². The molecule has 0 unspecified atom stereocenters. The van der Waals surface area contributed by atoms with Crippen LogP contribution in [0, 0.1) is 10.1 Å². The van der Waals surface area contributed by atoms with E-state index >= 15 is 0 Å². The molecule has 2 aromatic carbocycles. The van der Waals surface area contributed by atoms with Gasteiger partial charge in [0.15, 0.2) is 0 Å². The van der Waals surface area contributed by atoms with Crippen LogP contribution in [0.25, 0.3) is 0 Å². The summed E-state index contributed by atoms with van der Waals surface area (Å²) in [7, 11) is 0. The lowest BCUT2D eigenvalue weighted by Gasteiger charge is -2.11. The van der Waals surface area contributed by atoms with Crippen molar-refractivity contribution < 1.29 is 9.72 Å². The van der Waals surface area contributed by atoms with Gasteiger partial charge in [-0.25, -0.2) is 9.97 Å². The molecule has 3 rings (SSSR count). The van der Waals surface area contributed by atoms with E-state index in [4.69, 9.17) is 11.6 Å². The number of nitrogens with zero attached hydrogens (tertiary/aromatic N) is 3. The first-order valence-corrected chi connectivity index (χ1v) is 8.51. The number of hydrogen-bond acceptors (Lipinski definition) is 7. The normalized spacial score (nSPS) is 10.2. The van der Waals surface area contributed by atoms with Crippen LogP contribution >= 0.6 is 11.6 Å². The monoisotopic (exact) mass is 398 g/mol. The van der Waals surface area contributed by atoms with Crippen LogP contribution < -0.4 is 16.2 Å². The molecule has 1 aromatic heterocycles. The van der Waals surface area contributed by atoms with Gasteiger partial charge in [0.25, 0.3) is 5.91 Å². The van der Waals surface area contributed by atoms with E-state index in [1.807, 2.05) is 30.3 Å². The summed E-state index contributed by atoms with van der Waals surface area (Å²) in [5.74, 6) is -0.636. The predicted molar refractivity (Wildman–Crippen MR) is 105 cm³/mol. The van der Waals surface area contributed by atoms with Gasteiger partial charge in [0, 0.05) is 17.1 Å². The van der Waals surface area contributed by atoms with Crippen LogP contribution in [-0.2, 0) is 6.54 Å². The number of nitrogens with one attached hydrogen (secondary N) is 3. The molecule has 1 amide bonds. The van der Waals surface area contributed by atoms with Crippen molar-refractivity contribution in [2.24, 2.45) is 0 Å². The molecule has 0 bridgehead atoms.